The molecule has 0 saturated carbocycles. The predicted octanol–water partition coefficient (Wildman–Crippen LogP) is 2.86. The highest BCUT2D eigenvalue weighted by atomic mass is 15.1. The summed E-state index contributed by atoms with van der Waals surface area (Å²) < 4.78 is 0. The monoisotopic (exact) mass is 184 g/mol. The van der Waals surface area contributed by atoms with Crippen LogP contribution >= 0.6 is 0 Å². The number of hydrogen-bond acceptors (Lipinski definition) is 2. The second kappa shape index (κ2) is 3.41. The zero-order valence-corrected chi connectivity index (χ0v) is 7.51. The van der Waals surface area contributed by atoms with Gasteiger partial charge >= 0.3 is 0 Å². The summed E-state index contributed by atoms with van der Waals surface area (Å²) in [5.74, 6) is 0. The van der Waals surface area contributed by atoms with Gasteiger partial charge in [-0.1, -0.05) is 17.2 Å². The van der Waals surface area contributed by atoms with Gasteiger partial charge in [-0.25, -0.2) is 0 Å². The first kappa shape index (κ1) is 8.61. The molecule has 1 aliphatic carbocycles. The number of hydrogen-bond donors (Lipinski definition) is 0. The summed E-state index contributed by atoms with van der Waals surface area (Å²) in [5.41, 5.74) is 11.1. The third kappa shape index (κ3) is 1.20. The van der Waals surface area contributed by atoms with E-state index in [-0.39, 0.29) is 6.04 Å². The van der Waals surface area contributed by atoms with Crippen molar-refractivity contribution in [2.75, 3.05) is 0 Å². The summed E-state index contributed by atoms with van der Waals surface area (Å²) in [4.78, 5) is 2.81. The minimum atomic E-state index is -0.0803. The highest BCUT2D eigenvalue weighted by molar-refractivity contribution is 5.46. The average molecular weight is 184 g/mol. The summed E-state index contributed by atoms with van der Waals surface area (Å²) in [6.45, 7) is 0. The van der Waals surface area contributed by atoms with E-state index in [0.717, 1.165) is 24.0 Å². The molecule has 1 unspecified atom stereocenters. The van der Waals surface area contributed by atoms with E-state index in [0.29, 0.717) is 5.56 Å². The Morgan fingerprint density at radius 2 is 2.43 bits per heavy atom. The van der Waals surface area contributed by atoms with Crippen LogP contribution in [0.4, 0.5) is 0 Å². The van der Waals surface area contributed by atoms with E-state index in [9.17, 15) is 0 Å². The van der Waals surface area contributed by atoms with Crippen LogP contribution in [-0.2, 0) is 6.42 Å². The fourth-order valence-electron chi connectivity index (χ4n) is 1.92. The van der Waals surface area contributed by atoms with Gasteiger partial charge in [-0.05, 0) is 35.6 Å². The molecule has 1 atom stereocenters. The lowest BCUT2D eigenvalue weighted by Crippen LogP contribution is -1.89. The van der Waals surface area contributed by atoms with E-state index in [4.69, 9.17) is 10.8 Å². The van der Waals surface area contributed by atoms with Gasteiger partial charge in [0.2, 0.25) is 0 Å². The SMILES string of the molecule is N#Cc1cccc2c1CCC2N=[N+]=[N-]. The zero-order valence-electron chi connectivity index (χ0n) is 7.51. The van der Waals surface area contributed by atoms with Gasteiger partial charge in [0.05, 0.1) is 17.7 Å². The van der Waals surface area contributed by atoms with Crippen LogP contribution in [0, 0.1) is 11.3 Å². The maximum Gasteiger partial charge on any atom is 0.0994 e. The van der Waals surface area contributed by atoms with E-state index >= 15 is 0 Å². The van der Waals surface area contributed by atoms with Gasteiger partial charge < -0.3 is 0 Å². The number of benzene rings is 1. The van der Waals surface area contributed by atoms with Gasteiger partial charge in [0, 0.05) is 4.91 Å². The van der Waals surface area contributed by atoms with Crippen molar-refractivity contribution in [1.82, 2.24) is 0 Å². The third-order valence-electron chi connectivity index (χ3n) is 2.55. The molecule has 0 bridgehead atoms. The maximum atomic E-state index is 8.86. The average Bonchev–Trinajstić information content (AvgIpc) is 2.62. The molecule has 0 radical (unpaired) electrons. The molecule has 0 fully saturated rings. The molecule has 2 rings (SSSR count). The van der Waals surface area contributed by atoms with Gasteiger partial charge in [-0.2, -0.15) is 5.26 Å². The highest BCUT2D eigenvalue weighted by Crippen LogP contribution is 2.35. The van der Waals surface area contributed by atoms with Crippen molar-refractivity contribution in [3.8, 4) is 6.07 Å². The summed E-state index contributed by atoms with van der Waals surface area (Å²) in [7, 11) is 0. The van der Waals surface area contributed by atoms with Crippen LogP contribution in [-0.4, -0.2) is 0 Å². The smallest absolute Gasteiger partial charge is 0.0994 e. The van der Waals surface area contributed by atoms with Crippen LogP contribution in [0.15, 0.2) is 23.3 Å². The summed E-state index contributed by atoms with van der Waals surface area (Å²) >= 11 is 0. The van der Waals surface area contributed by atoms with E-state index in [1.807, 2.05) is 12.1 Å². The number of nitriles is 1. The molecule has 0 aromatic heterocycles. The van der Waals surface area contributed by atoms with Crippen LogP contribution in [0.3, 0.4) is 0 Å². The van der Waals surface area contributed by atoms with Crippen LogP contribution in [0.1, 0.15) is 29.2 Å². The molecule has 0 spiro atoms. The number of fused-ring (bicyclic) bond motifs is 1. The fourth-order valence-corrected chi connectivity index (χ4v) is 1.92. The first-order chi connectivity index (χ1) is 6.86. The second-order valence-electron chi connectivity index (χ2n) is 3.24. The normalized spacial score (nSPS) is 18.1. The van der Waals surface area contributed by atoms with Crippen molar-refractivity contribution in [2.24, 2.45) is 5.11 Å². The third-order valence-corrected chi connectivity index (χ3v) is 2.55. The van der Waals surface area contributed by atoms with Crippen LogP contribution < -0.4 is 0 Å². The molecule has 0 heterocycles. The molecule has 0 aliphatic heterocycles. The Morgan fingerprint density at radius 1 is 1.57 bits per heavy atom. The molecule has 1 aromatic rings. The Morgan fingerprint density at radius 3 is 3.14 bits per heavy atom. The van der Waals surface area contributed by atoms with Gasteiger partial charge in [-0.3, -0.25) is 0 Å². The number of nitrogens with zero attached hydrogens (tertiary/aromatic N) is 4. The molecule has 0 saturated heterocycles. The second-order valence-corrected chi connectivity index (χ2v) is 3.24. The zero-order chi connectivity index (χ0) is 9.97. The highest BCUT2D eigenvalue weighted by Gasteiger charge is 2.23. The van der Waals surface area contributed by atoms with E-state index < -0.39 is 0 Å². The van der Waals surface area contributed by atoms with Gasteiger partial charge in [0.25, 0.3) is 0 Å². The first-order valence-corrected chi connectivity index (χ1v) is 4.43. The summed E-state index contributed by atoms with van der Waals surface area (Å²) in [6.07, 6.45) is 1.65. The van der Waals surface area contributed by atoms with Crippen LogP contribution in [0.25, 0.3) is 10.4 Å². The van der Waals surface area contributed by atoms with Crippen LogP contribution in [0.2, 0.25) is 0 Å². The summed E-state index contributed by atoms with van der Waals surface area (Å²) in [6, 6.07) is 7.65. The maximum absolute atomic E-state index is 8.86. The Bertz CT molecular complexity index is 452. The molecule has 1 aromatic carbocycles. The Balaban J connectivity index is 2.52. The first-order valence-electron chi connectivity index (χ1n) is 4.43. The van der Waals surface area contributed by atoms with E-state index in [1.54, 1.807) is 6.07 Å². The number of azide groups is 1. The van der Waals surface area contributed by atoms with Gasteiger partial charge in [0.1, 0.15) is 0 Å². The van der Waals surface area contributed by atoms with Gasteiger partial charge in [-0.15, -0.1) is 0 Å². The van der Waals surface area contributed by atoms with Crippen molar-refractivity contribution in [3.05, 3.63) is 45.3 Å². The minimum absolute atomic E-state index is 0.0803. The van der Waals surface area contributed by atoms with Crippen molar-refractivity contribution < 1.29 is 0 Å². The lowest BCUT2D eigenvalue weighted by molar-refractivity contribution is 0.707. The molecule has 4 nitrogen and oxygen atoms in total. The fraction of sp³-hybridized carbons (Fsp3) is 0.300. The van der Waals surface area contributed by atoms with Crippen molar-refractivity contribution in [1.29, 1.82) is 5.26 Å². The number of rotatable bonds is 1. The van der Waals surface area contributed by atoms with E-state index in [1.165, 1.54) is 0 Å². The molecule has 68 valence electrons. The Kier molecular flexibility index (Phi) is 2.10. The van der Waals surface area contributed by atoms with Crippen molar-refractivity contribution in [3.63, 3.8) is 0 Å². The molecule has 14 heavy (non-hydrogen) atoms. The van der Waals surface area contributed by atoms with Crippen LogP contribution in [0.5, 0.6) is 0 Å². The Labute approximate surface area is 81.4 Å². The largest absolute Gasteiger partial charge is 0.192 e. The standard InChI is InChI=1S/C10H8N4/c11-6-7-2-1-3-9-8(7)4-5-10(9)13-14-12/h1-3,10H,4-5H2. The molecular weight excluding hydrogens is 176 g/mol. The predicted molar refractivity (Wildman–Crippen MR) is 51.4 cm³/mol. The molecular formula is C10H8N4. The van der Waals surface area contributed by atoms with Crippen molar-refractivity contribution in [2.45, 2.75) is 18.9 Å². The minimum Gasteiger partial charge on any atom is -0.192 e. The molecule has 0 amide bonds. The molecule has 1 aliphatic rings. The van der Waals surface area contributed by atoms with Crippen molar-refractivity contribution >= 4 is 0 Å². The lowest BCUT2D eigenvalue weighted by Gasteiger charge is -2.03. The molecule has 0 N–H and O–H groups in total. The topological polar surface area (TPSA) is 72.5 Å². The Hall–Kier alpha value is -1.98. The quantitative estimate of drug-likeness (QED) is 0.375. The summed E-state index contributed by atoms with van der Waals surface area (Å²) in [5, 5.41) is 12.6. The van der Waals surface area contributed by atoms with Gasteiger partial charge in [0.15, 0.2) is 0 Å². The lowest BCUT2D eigenvalue weighted by atomic mass is 10.0. The van der Waals surface area contributed by atoms with E-state index in [2.05, 4.69) is 16.1 Å². The molecule has 4 heteroatoms.